The molecule has 0 spiro atoms. The number of nitrogens with one attached hydrogen (secondary N) is 1. The molecule has 0 saturated carbocycles. The summed E-state index contributed by atoms with van der Waals surface area (Å²) in [5, 5.41) is 3.32. The van der Waals surface area contributed by atoms with Gasteiger partial charge in [-0.3, -0.25) is 19.1 Å². The monoisotopic (exact) mass is 509 g/mol. The fraction of sp³-hybridized carbons (Fsp3) is 0.464. The molecule has 5 heterocycles. The standard InChI is InChI=1S/C28H33F2N5O2/c1-20-5-7-23(37-20)19-32-16-11-28(30,12-17-32)27(36)33-14-9-22(10-15-33)34-24-8-6-21(29)18-25(24)35(34)26-4-2-3-13-31-26/h2-8,13,18,22,26,31H,9-12,14-17,19H2,1H3. The van der Waals surface area contributed by atoms with Crippen molar-refractivity contribution in [2.45, 2.75) is 57.0 Å². The predicted octanol–water partition coefficient (Wildman–Crippen LogP) is 4.82. The zero-order valence-corrected chi connectivity index (χ0v) is 21.1. The van der Waals surface area contributed by atoms with Crippen LogP contribution in [-0.4, -0.2) is 56.9 Å². The first-order valence-electron chi connectivity index (χ1n) is 13.1. The number of allylic oxidation sites excluding steroid dienone is 2. The number of piperidine rings is 2. The molecular weight excluding hydrogens is 476 g/mol. The van der Waals surface area contributed by atoms with Crippen LogP contribution in [0.3, 0.4) is 0 Å². The van der Waals surface area contributed by atoms with Gasteiger partial charge in [-0.2, -0.15) is 0 Å². The fourth-order valence-corrected chi connectivity index (χ4v) is 5.97. The van der Waals surface area contributed by atoms with Crippen LogP contribution in [0.1, 0.15) is 49.4 Å². The Morgan fingerprint density at radius 2 is 1.84 bits per heavy atom. The van der Waals surface area contributed by atoms with Crippen LogP contribution < -0.4 is 5.32 Å². The molecule has 3 aromatic rings. The van der Waals surface area contributed by atoms with Gasteiger partial charge >= 0.3 is 0 Å². The van der Waals surface area contributed by atoms with Crippen LogP contribution in [0, 0.1) is 12.7 Å². The van der Waals surface area contributed by atoms with E-state index in [2.05, 4.69) is 19.6 Å². The van der Waals surface area contributed by atoms with Crippen LogP contribution in [0.25, 0.3) is 11.0 Å². The van der Waals surface area contributed by atoms with Crippen molar-refractivity contribution in [2.75, 3.05) is 26.2 Å². The summed E-state index contributed by atoms with van der Waals surface area (Å²) in [5.74, 6) is 1.10. The van der Waals surface area contributed by atoms with E-state index >= 15 is 4.39 Å². The molecule has 3 aliphatic heterocycles. The summed E-state index contributed by atoms with van der Waals surface area (Å²) in [5.41, 5.74) is 0.0190. The maximum absolute atomic E-state index is 15.8. The first-order valence-corrected chi connectivity index (χ1v) is 13.1. The van der Waals surface area contributed by atoms with Gasteiger partial charge in [-0.1, -0.05) is 6.08 Å². The molecule has 1 amide bonds. The van der Waals surface area contributed by atoms with Gasteiger partial charge in [0.05, 0.1) is 23.6 Å². The minimum absolute atomic E-state index is 0.108. The third-order valence-corrected chi connectivity index (χ3v) is 8.00. The number of furan rings is 1. The zero-order chi connectivity index (χ0) is 25.6. The topological polar surface area (TPSA) is 58.6 Å². The number of hydrogen-bond donors (Lipinski definition) is 1. The first kappa shape index (κ1) is 24.0. The Morgan fingerprint density at radius 1 is 1.05 bits per heavy atom. The molecule has 7 nitrogen and oxygen atoms in total. The van der Waals surface area contributed by atoms with Gasteiger partial charge in [-0.05, 0) is 62.4 Å². The molecule has 1 N–H and O–H groups in total. The number of nitrogens with zero attached hydrogens (tertiary/aromatic N) is 4. The SMILES string of the molecule is Cc1ccc(CN2CCC(F)(C(=O)N3CCC(n4c5ccc(F)cc5n4C4C=CC=CN4)CC3)CC2)o1. The second kappa shape index (κ2) is 9.52. The molecule has 196 valence electrons. The summed E-state index contributed by atoms with van der Waals surface area (Å²) < 4.78 is 39.7. The van der Waals surface area contributed by atoms with E-state index in [1.807, 2.05) is 49.6 Å². The summed E-state index contributed by atoms with van der Waals surface area (Å²) in [6.45, 7) is 4.64. The van der Waals surface area contributed by atoms with Crippen molar-refractivity contribution >= 4 is 16.9 Å². The van der Waals surface area contributed by atoms with Crippen molar-refractivity contribution in [2.24, 2.45) is 0 Å². The fourth-order valence-electron chi connectivity index (χ4n) is 5.97. The highest BCUT2D eigenvalue weighted by atomic mass is 19.1. The van der Waals surface area contributed by atoms with Gasteiger partial charge in [0.2, 0.25) is 0 Å². The largest absolute Gasteiger partial charge is 0.465 e. The second-order valence-electron chi connectivity index (χ2n) is 10.5. The highest BCUT2D eigenvalue weighted by Crippen LogP contribution is 2.36. The van der Waals surface area contributed by atoms with Crippen molar-refractivity contribution in [1.29, 1.82) is 0 Å². The lowest BCUT2D eigenvalue weighted by Crippen LogP contribution is -2.54. The molecule has 2 aromatic heterocycles. The summed E-state index contributed by atoms with van der Waals surface area (Å²) in [4.78, 5) is 17.1. The van der Waals surface area contributed by atoms with Crippen LogP contribution in [0.15, 0.2) is 59.2 Å². The molecule has 6 rings (SSSR count). The normalized spacial score (nSPS) is 22.6. The number of carbonyl (C=O) groups excluding carboxylic acids is 1. The molecule has 1 atom stereocenters. The van der Waals surface area contributed by atoms with Crippen molar-refractivity contribution in [3.63, 3.8) is 0 Å². The van der Waals surface area contributed by atoms with E-state index in [9.17, 15) is 9.18 Å². The van der Waals surface area contributed by atoms with Crippen molar-refractivity contribution in [1.82, 2.24) is 24.5 Å². The minimum atomic E-state index is -1.81. The minimum Gasteiger partial charge on any atom is -0.465 e. The number of aromatic nitrogens is 2. The number of amides is 1. The maximum atomic E-state index is 15.8. The lowest BCUT2D eigenvalue weighted by molar-refractivity contribution is -0.149. The molecule has 37 heavy (non-hydrogen) atoms. The number of benzene rings is 1. The quantitative estimate of drug-likeness (QED) is 0.536. The first-order chi connectivity index (χ1) is 17.9. The van der Waals surface area contributed by atoms with Crippen molar-refractivity contribution < 1.29 is 18.0 Å². The van der Waals surface area contributed by atoms with Crippen LogP contribution in [0.4, 0.5) is 8.78 Å². The third-order valence-electron chi connectivity index (χ3n) is 8.00. The number of dihydropyridines is 1. The van der Waals surface area contributed by atoms with Gasteiger partial charge in [0, 0.05) is 45.1 Å². The summed E-state index contributed by atoms with van der Waals surface area (Å²) >= 11 is 0. The Hall–Kier alpha value is -3.33. The van der Waals surface area contributed by atoms with E-state index in [-0.39, 0.29) is 36.8 Å². The van der Waals surface area contributed by atoms with Crippen LogP contribution in [0.5, 0.6) is 0 Å². The van der Waals surface area contributed by atoms with Gasteiger partial charge in [0.1, 0.15) is 23.5 Å². The van der Waals surface area contributed by atoms with Crippen LogP contribution in [0.2, 0.25) is 0 Å². The molecule has 9 heteroatoms. The average Bonchev–Trinajstić information content (AvgIpc) is 3.32. The number of likely N-dealkylation sites (tertiary alicyclic amines) is 2. The molecule has 1 aromatic carbocycles. The zero-order valence-electron chi connectivity index (χ0n) is 21.1. The van der Waals surface area contributed by atoms with Gasteiger partial charge < -0.3 is 14.6 Å². The molecular formula is C28H33F2N5O2. The van der Waals surface area contributed by atoms with E-state index in [1.165, 1.54) is 6.07 Å². The van der Waals surface area contributed by atoms with Gasteiger partial charge in [0.25, 0.3) is 5.91 Å². The number of rotatable bonds is 5. The van der Waals surface area contributed by atoms with E-state index in [0.717, 1.165) is 35.4 Å². The smallest absolute Gasteiger partial charge is 0.260 e. The van der Waals surface area contributed by atoms with Crippen molar-refractivity contribution in [3.05, 3.63) is 72.1 Å². The van der Waals surface area contributed by atoms with Gasteiger partial charge in [0.15, 0.2) is 5.67 Å². The molecule has 2 saturated heterocycles. The second-order valence-corrected chi connectivity index (χ2v) is 10.5. The number of alkyl halides is 1. The lowest BCUT2D eigenvalue weighted by atomic mass is 9.90. The number of carbonyl (C=O) groups is 1. The van der Waals surface area contributed by atoms with E-state index < -0.39 is 5.67 Å². The number of hydrogen-bond acceptors (Lipinski definition) is 4. The van der Waals surface area contributed by atoms with E-state index in [4.69, 9.17) is 4.42 Å². The summed E-state index contributed by atoms with van der Waals surface area (Å²) in [6.07, 6.45) is 9.57. The Balaban J connectivity index is 1.10. The van der Waals surface area contributed by atoms with Gasteiger partial charge in [-0.25, -0.2) is 8.78 Å². The average molecular weight is 510 g/mol. The van der Waals surface area contributed by atoms with E-state index in [1.54, 1.807) is 11.0 Å². The Labute approximate surface area is 215 Å². The maximum Gasteiger partial charge on any atom is 0.260 e. The third kappa shape index (κ3) is 4.50. The molecule has 0 radical (unpaired) electrons. The lowest BCUT2D eigenvalue weighted by Gasteiger charge is -2.42. The Morgan fingerprint density at radius 3 is 2.51 bits per heavy atom. The van der Waals surface area contributed by atoms with Crippen LogP contribution >= 0.6 is 0 Å². The molecule has 0 bridgehead atoms. The van der Waals surface area contributed by atoms with Crippen LogP contribution in [-0.2, 0) is 11.3 Å². The number of aryl methyl sites for hydroxylation is 1. The Kier molecular flexibility index (Phi) is 6.18. The molecule has 2 fully saturated rings. The number of fused-ring (bicyclic) bond motifs is 1. The molecule has 1 unspecified atom stereocenters. The predicted molar refractivity (Wildman–Crippen MR) is 137 cm³/mol. The van der Waals surface area contributed by atoms with Crippen molar-refractivity contribution in [3.8, 4) is 0 Å². The molecule has 0 aliphatic carbocycles. The van der Waals surface area contributed by atoms with E-state index in [0.29, 0.717) is 32.7 Å². The Bertz CT molecular complexity index is 1340. The van der Waals surface area contributed by atoms with Gasteiger partial charge in [-0.15, -0.1) is 0 Å². The summed E-state index contributed by atoms with van der Waals surface area (Å²) in [6, 6.07) is 8.89. The molecule has 3 aliphatic rings. The highest BCUT2D eigenvalue weighted by molar-refractivity contribution is 5.85. The number of halogens is 2. The summed E-state index contributed by atoms with van der Waals surface area (Å²) in [7, 11) is 0. The highest BCUT2D eigenvalue weighted by Gasteiger charge is 2.45.